The van der Waals surface area contributed by atoms with Gasteiger partial charge < -0.3 is 5.11 Å². The van der Waals surface area contributed by atoms with Crippen molar-refractivity contribution in [2.24, 2.45) is 0 Å². The van der Waals surface area contributed by atoms with Crippen LogP contribution in [0.5, 0.6) is 0 Å². The van der Waals surface area contributed by atoms with E-state index < -0.39 is 5.97 Å². The molecule has 0 amide bonds. The second-order valence-electron chi connectivity index (χ2n) is 3.48. The first-order valence-corrected chi connectivity index (χ1v) is 6.15. The quantitative estimate of drug-likeness (QED) is 0.838. The molecule has 0 aliphatic rings. The molecule has 7 heteroatoms. The van der Waals surface area contributed by atoms with Crippen LogP contribution in [0.3, 0.4) is 0 Å². The Kier molecular flexibility index (Phi) is 3.93. The Balaban J connectivity index is 1.86. The number of aromatic nitrogens is 3. The Labute approximate surface area is 107 Å². The first kappa shape index (κ1) is 12.6. The molecule has 2 aromatic rings. The molecule has 1 N–H and O–H groups in total. The van der Waals surface area contributed by atoms with Gasteiger partial charge in [0.25, 0.3) is 0 Å². The van der Waals surface area contributed by atoms with E-state index in [2.05, 4.69) is 10.3 Å². The van der Waals surface area contributed by atoms with Crippen molar-refractivity contribution in [1.82, 2.24) is 15.0 Å². The highest BCUT2D eigenvalue weighted by molar-refractivity contribution is 7.99. The smallest absolute Gasteiger partial charge is 0.358 e. The van der Waals surface area contributed by atoms with Gasteiger partial charge in [0.2, 0.25) is 0 Å². The van der Waals surface area contributed by atoms with E-state index in [-0.39, 0.29) is 11.5 Å². The number of aromatic carboxylic acids is 1. The summed E-state index contributed by atoms with van der Waals surface area (Å²) >= 11 is 1.47. The number of rotatable bonds is 5. The number of aryl methyl sites for hydroxylation is 1. The lowest BCUT2D eigenvalue weighted by Gasteiger charge is -2.01. The summed E-state index contributed by atoms with van der Waals surface area (Å²) < 4.78 is 14.4. The van der Waals surface area contributed by atoms with Crippen molar-refractivity contribution in [1.29, 1.82) is 0 Å². The van der Waals surface area contributed by atoms with Gasteiger partial charge in [0.1, 0.15) is 5.82 Å². The summed E-state index contributed by atoms with van der Waals surface area (Å²) in [4.78, 5) is 11.4. The molecule has 94 valence electrons. The molecule has 0 aliphatic carbocycles. The van der Waals surface area contributed by atoms with Crippen molar-refractivity contribution in [3.63, 3.8) is 0 Å². The molecule has 0 aliphatic heterocycles. The van der Waals surface area contributed by atoms with Crippen LogP contribution in [0.2, 0.25) is 0 Å². The minimum absolute atomic E-state index is 0.0780. The maximum absolute atomic E-state index is 12.9. The fourth-order valence-electron chi connectivity index (χ4n) is 1.32. The highest BCUT2D eigenvalue weighted by Gasteiger charge is 2.07. The lowest BCUT2D eigenvalue weighted by molar-refractivity contribution is 0.0690. The second-order valence-corrected chi connectivity index (χ2v) is 4.65. The largest absolute Gasteiger partial charge is 0.476 e. The first-order valence-electron chi connectivity index (χ1n) is 5.17. The van der Waals surface area contributed by atoms with Gasteiger partial charge >= 0.3 is 5.97 Å². The fraction of sp³-hybridized carbons (Fsp3) is 0.182. The Hall–Kier alpha value is -1.89. The highest BCUT2D eigenvalue weighted by atomic mass is 32.2. The Morgan fingerprint density at radius 2 is 2.33 bits per heavy atom. The molecular formula is C11H10FN3O2S. The SMILES string of the molecule is O=C(O)c1cn(CCSc2cccc(F)c2)nn1. The van der Waals surface area contributed by atoms with Crippen molar-refractivity contribution >= 4 is 17.7 Å². The van der Waals surface area contributed by atoms with Crippen LogP contribution in [0, 0.1) is 5.82 Å². The molecular weight excluding hydrogens is 257 g/mol. The average molecular weight is 267 g/mol. The van der Waals surface area contributed by atoms with Crippen LogP contribution in [0.25, 0.3) is 0 Å². The maximum Gasteiger partial charge on any atom is 0.358 e. The number of halogens is 1. The minimum atomic E-state index is -1.10. The third kappa shape index (κ3) is 3.30. The number of thioether (sulfide) groups is 1. The predicted molar refractivity (Wildman–Crippen MR) is 64.1 cm³/mol. The lowest BCUT2D eigenvalue weighted by Crippen LogP contribution is -2.01. The van der Waals surface area contributed by atoms with Gasteiger partial charge in [-0.15, -0.1) is 16.9 Å². The molecule has 1 aromatic heterocycles. The Morgan fingerprint density at radius 1 is 1.50 bits per heavy atom. The molecule has 0 fully saturated rings. The van der Waals surface area contributed by atoms with Crippen molar-refractivity contribution < 1.29 is 14.3 Å². The normalized spacial score (nSPS) is 10.5. The molecule has 18 heavy (non-hydrogen) atoms. The zero-order valence-electron chi connectivity index (χ0n) is 9.28. The lowest BCUT2D eigenvalue weighted by atomic mass is 10.4. The summed E-state index contributed by atoms with van der Waals surface area (Å²) in [5.41, 5.74) is -0.0780. The Bertz CT molecular complexity index is 559. The zero-order chi connectivity index (χ0) is 13.0. The van der Waals surface area contributed by atoms with Crippen LogP contribution < -0.4 is 0 Å². The van der Waals surface area contributed by atoms with Gasteiger partial charge in [-0.05, 0) is 18.2 Å². The zero-order valence-corrected chi connectivity index (χ0v) is 10.1. The van der Waals surface area contributed by atoms with Crippen molar-refractivity contribution in [2.45, 2.75) is 11.4 Å². The number of carboxylic acid groups (broad SMARTS) is 1. The number of nitrogens with zero attached hydrogens (tertiary/aromatic N) is 3. The third-order valence-electron chi connectivity index (χ3n) is 2.14. The maximum atomic E-state index is 12.9. The number of hydrogen-bond acceptors (Lipinski definition) is 4. The van der Waals surface area contributed by atoms with E-state index in [1.165, 1.54) is 34.8 Å². The molecule has 1 heterocycles. The molecule has 0 saturated carbocycles. The molecule has 5 nitrogen and oxygen atoms in total. The third-order valence-corrected chi connectivity index (χ3v) is 3.12. The van der Waals surface area contributed by atoms with E-state index in [1.54, 1.807) is 6.07 Å². The Morgan fingerprint density at radius 3 is 3.00 bits per heavy atom. The fourth-order valence-corrected chi connectivity index (χ4v) is 2.20. The van der Waals surface area contributed by atoms with E-state index in [9.17, 15) is 9.18 Å². The molecule has 0 atom stereocenters. The second kappa shape index (κ2) is 5.63. The van der Waals surface area contributed by atoms with Crippen LogP contribution in [-0.4, -0.2) is 31.8 Å². The van der Waals surface area contributed by atoms with E-state index in [4.69, 9.17) is 5.11 Å². The topological polar surface area (TPSA) is 68.0 Å². The van der Waals surface area contributed by atoms with Crippen molar-refractivity contribution in [3.8, 4) is 0 Å². The molecule has 0 radical (unpaired) electrons. The number of carbonyl (C=O) groups is 1. The number of carboxylic acids is 1. The summed E-state index contributed by atoms with van der Waals surface area (Å²) in [7, 11) is 0. The minimum Gasteiger partial charge on any atom is -0.476 e. The molecule has 2 rings (SSSR count). The summed E-state index contributed by atoms with van der Waals surface area (Å²) in [6.07, 6.45) is 1.37. The van der Waals surface area contributed by atoms with E-state index in [0.29, 0.717) is 12.3 Å². The van der Waals surface area contributed by atoms with Crippen molar-refractivity contribution in [2.75, 3.05) is 5.75 Å². The predicted octanol–water partition coefficient (Wildman–Crippen LogP) is 1.91. The summed E-state index contributed by atoms with van der Waals surface area (Å²) in [5.74, 6) is -0.709. The van der Waals surface area contributed by atoms with Gasteiger partial charge in [0, 0.05) is 10.6 Å². The molecule has 0 bridgehead atoms. The van der Waals surface area contributed by atoms with Gasteiger partial charge in [-0.3, -0.25) is 4.68 Å². The standard InChI is InChI=1S/C11H10FN3O2S/c12-8-2-1-3-9(6-8)18-5-4-15-7-10(11(16)17)13-14-15/h1-3,6-7H,4-5H2,(H,16,17). The molecule has 1 aromatic carbocycles. The number of hydrogen-bond donors (Lipinski definition) is 1. The first-order chi connectivity index (χ1) is 8.65. The van der Waals surface area contributed by atoms with E-state index in [1.807, 2.05) is 6.07 Å². The van der Waals surface area contributed by atoms with E-state index in [0.717, 1.165) is 4.90 Å². The summed E-state index contributed by atoms with van der Waals surface area (Å²) in [6.45, 7) is 0.515. The van der Waals surface area contributed by atoms with Crippen LogP contribution in [0.15, 0.2) is 35.4 Å². The van der Waals surface area contributed by atoms with Crippen LogP contribution >= 0.6 is 11.8 Å². The summed E-state index contributed by atoms with van der Waals surface area (Å²) in [6, 6.07) is 6.31. The van der Waals surface area contributed by atoms with Crippen LogP contribution in [-0.2, 0) is 6.54 Å². The molecule has 0 spiro atoms. The highest BCUT2D eigenvalue weighted by Crippen LogP contribution is 2.18. The van der Waals surface area contributed by atoms with Crippen molar-refractivity contribution in [3.05, 3.63) is 42.0 Å². The summed E-state index contributed by atoms with van der Waals surface area (Å²) in [5, 5.41) is 15.9. The van der Waals surface area contributed by atoms with Crippen LogP contribution in [0.4, 0.5) is 4.39 Å². The van der Waals surface area contributed by atoms with Crippen LogP contribution in [0.1, 0.15) is 10.5 Å². The van der Waals surface area contributed by atoms with Gasteiger partial charge in [0.15, 0.2) is 5.69 Å². The average Bonchev–Trinajstić information content (AvgIpc) is 2.78. The van der Waals surface area contributed by atoms with Gasteiger partial charge in [0.05, 0.1) is 12.7 Å². The monoisotopic (exact) mass is 267 g/mol. The number of benzene rings is 1. The van der Waals surface area contributed by atoms with Gasteiger partial charge in [-0.1, -0.05) is 11.3 Å². The molecule has 0 unspecified atom stereocenters. The van der Waals surface area contributed by atoms with Gasteiger partial charge in [-0.2, -0.15) is 0 Å². The molecule has 0 saturated heterocycles. The van der Waals surface area contributed by atoms with E-state index >= 15 is 0 Å². The van der Waals surface area contributed by atoms with Gasteiger partial charge in [-0.25, -0.2) is 9.18 Å².